The molecule has 0 aliphatic rings. The van der Waals surface area contributed by atoms with Crippen LogP contribution in [0.3, 0.4) is 0 Å². The quantitative estimate of drug-likeness (QED) is 0.808. The molecule has 98 valence electrons. The predicted molar refractivity (Wildman–Crippen MR) is 71.1 cm³/mol. The van der Waals surface area contributed by atoms with Gasteiger partial charge in [-0.15, -0.1) is 0 Å². The van der Waals surface area contributed by atoms with E-state index in [2.05, 4.69) is 4.98 Å². The average molecular weight is 279 g/mol. The molecular formula is C13H11ClN2O3. The Balaban J connectivity index is 2.90. The standard InChI is InChI=1S/C13H11ClN2O3/c1-17-10-5-9-8(11(18-2)12(10)19-3)4-7(6-15)13(14)16-9/h4-5H,1-3H3. The highest BCUT2D eigenvalue weighted by Gasteiger charge is 2.18. The van der Waals surface area contributed by atoms with Crippen molar-refractivity contribution in [1.82, 2.24) is 4.98 Å². The van der Waals surface area contributed by atoms with E-state index in [1.165, 1.54) is 21.3 Å². The van der Waals surface area contributed by atoms with Crippen molar-refractivity contribution in [3.05, 3.63) is 22.8 Å². The number of benzene rings is 1. The van der Waals surface area contributed by atoms with Crippen molar-refractivity contribution in [2.45, 2.75) is 0 Å². The van der Waals surface area contributed by atoms with Gasteiger partial charge in [-0.05, 0) is 6.07 Å². The second-order valence-corrected chi connectivity index (χ2v) is 4.01. The lowest BCUT2D eigenvalue weighted by Gasteiger charge is -2.14. The molecule has 0 fully saturated rings. The van der Waals surface area contributed by atoms with E-state index in [1.54, 1.807) is 12.1 Å². The van der Waals surface area contributed by atoms with E-state index in [4.69, 9.17) is 31.1 Å². The Labute approximate surface area is 115 Å². The van der Waals surface area contributed by atoms with Crippen LogP contribution in [0.25, 0.3) is 10.9 Å². The van der Waals surface area contributed by atoms with Gasteiger partial charge in [0.25, 0.3) is 0 Å². The largest absolute Gasteiger partial charge is 0.493 e. The molecule has 0 unspecified atom stereocenters. The van der Waals surface area contributed by atoms with Crippen LogP contribution in [0, 0.1) is 11.3 Å². The Bertz CT molecular complexity index is 680. The fourth-order valence-corrected chi connectivity index (χ4v) is 2.03. The summed E-state index contributed by atoms with van der Waals surface area (Å²) >= 11 is 5.92. The van der Waals surface area contributed by atoms with Crippen LogP contribution in [0.1, 0.15) is 5.56 Å². The van der Waals surface area contributed by atoms with E-state index in [0.717, 1.165) is 0 Å². The van der Waals surface area contributed by atoms with Crippen molar-refractivity contribution in [3.63, 3.8) is 0 Å². The monoisotopic (exact) mass is 278 g/mol. The van der Waals surface area contributed by atoms with Crippen molar-refractivity contribution >= 4 is 22.5 Å². The molecule has 0 radical (unpaired) electrons. The fraction of sp³-hybridized carbons (Fsp3) is 0.231. The van der Waals surface area contributed by atoms with E-state index in [9.17, 15) is 0 Å². The first-order valence-corrected chi connectivity index (χ1v) is 5.73. The zero-order valence-corrected chi connectivity index (χ0v) is 11.4. The zero-order chi connectivity index (χ0) is 14.0. The average Bonchev–Trinajstić information content (AvgIpc) is 2.44. The number of fused-ring (bicyclic) bond motifs is 1. The molecular weight excluding hydrogens is 268 g/mol. The Hall–Kier alpha value is -2.19. The summed E-state index contributed by atoms with van der Waals surface area (Å²) in [5.41, 5.74) is 0.846. The van der Waals surface area contributed by atoms with Gasteiger partial charge in [0.05, 0.1) is 32.4 Å². The number of ether oxygens (including phenoxy) is 3. The van der Waals surface area contributed by atoms with Crippen LogP contribution >= 0.6 is 11.6 Å². The highest BCUT2D eigenvalue weighted by atomic mass is 35.5. The molecule has 0 aliphatic carbocycles. The van der Waals surface area contributed by atoms with Gasteiger partial charge >= 0.3 is 0 Å². The number of rotatable bonds is 3. The molecule has 1 aromatic carbocycles. The predicted octanol–water partition coefficient (Wildman–Crippen LogP) is 2.79. The number of hydrogen-bond acceptors (Lipinski definition) is 5. The minimum absolute atomic E-state index is 0.143. The van der Waals surface area contributed by atoms with Crippen molar-refractivity contribution < 1.29 is 14.2 Å². The summed E-state index contributed by atoms with van der Waals surface area (Å²) in [5, 5.41) is 9.78. The summed E-state index contributed by atoms with van der Waals surface area (Å²) in [4.78, 5) is 4.17. The molecule has 2 aromatic rings. The number of methoxy groups -OCH3 is 3. The molecule has 6 heteroatoms. The van der Waals surface area contributed by atoms with Crippen molar-refractivity contribution in [2.24, 2.45) is 0 Å². The van der Waals surface area contributed by atoms with Crippen molar-refractivity contribution in [1.29, 1.82) is 5.26 Å². The Morgan fingerprint density at radius 1 is 1.11 bits per heavy atom. The second-order valence-electron chi connectivity index (χ2n) is 3.65. The number of hydrogen-bond donors (Lipinski definition) is 0. The Morgan fingerprint density at radius 2 is 1.79 bits per heavy atom. The highest BCUT2D eigenvalue weighted by molar-refractivity contribution is 6.31. The van der Waals surface area contributed by atoms with Crippen LogP contribution in [0.15, 0.2) is 12.1 Å². The third-order valence-corrected chi connectivity index (χ3v) is 2.98. The first kappa shape index (κ1) is 13.2. The van der Waals surface area contributed by atoms with Gasteiger partial charge in [0, 0.05) is 11.5 Å². The molecule has 1 heterocycles. The maximum absolute atomic E-state index is 9.00. The Morgan fingerprint density at radius 3 is 2.32 bits per heavy atom. The van der Waals surface area contributed by atoms with Crippen LogP contribution < -0.4 is 14.2 Å². The maximum Gasteiger partial charge on any atom is 0.204 e. The van der Waals surface area contributed by atoms with E-state index >= 15 is 0 Å². The summed E-state index contributed by atoms with van der Waals surface area (Å²) in [5.74, 6) is 1.39. The van der Waals surface area contributed by atoms with Crippen LogP contribution in [0.4, 0.5) is 0 Å². The minimum Gasteiger partial charge on any atom is -0.493 e. The van der Waals surface area contributed by atoms with Gasteiger partial charge in [0.1, 0.15) is 11.2 Å². The molecule has 2 rings (SSSR count). The van der Waals surface area contributed by atoms with Crippen molar-refractivity contribution in [3.8, 4) is 23.3 Å². The first-order chi connectivity index (χ1) is 9.15. The van der Waals surface area contributed by atoms with E-state index in [-0.39, 0.29) is 10.7 Å². The molecule has 19 heavy (non-hydrogen) atoms. The van der Waals surface area contributed by atoms with Crippen LogP contribution in [-0.4, -0.2) is 26.3 Å². The van der Waals surface area contributed by atoms with Gasteiger partial charge in [-0.1, -0.05) is 11.6 Å². The molecule has 0 saturated heterocycles. The summed E-state index contributed by atoms with van der Waals surface area (Å²) in [6.45, 7) is 0. The third-order valence-electron chi connectivity index (χ3n) is 2.70. The number of halogens is 1. The minimum atomic E-state index is 0.143. The molecule has 0 bridgehead atoms. The molecule has 0 amide bonds. The molecule has 0 saturated carbocycles. The normalized spacial score (nSPS) is 10.1. The summed E-state index contributed by atoms with van der Waals surface area (Å²) in [6.07, 6.45) is 0. The number of aromatic nitrogens is 1. The van der Waals surface area contributed by atoms with Crippen LogP contribution in [0.2, 0.25) is 5.15 Å². The van der Waals surface area contributed by atoms with Gasteiger partial charge < -0.3 is 14.2 Å². The lowest BCUT2D eigenvalue weighted by atomic mass is 10.1. The van der Waals surface area contributed by atoms with E-state index < -0.39 is 0 Å². The van der Waals surface area contributed by atoms with Gasteiger partial charge in [0.15, 0.2) is 11.5 Å². The lowest BCUT2D eigenvalue weighted by molar-refractivity contribution is 0.327. The fourth-order valence-electron chi connectivity index (χ4n) is 1.85. The molecule has 0 spiro atoms. The summed E-state index contributed by atoms with van der Waals surface area (Å²) in [7, 11) is 4.55. The number of nitrogens with zero attached hydrogens (tertiary/aromatic N) is 2. The number of pyridine rings is 1. The topological polar surface area (TPSA) is 64.4 Å². The van der Waals surface area contributed by atoms with Crippen molar-refractivity contribution in [2.75, 3.05) is 21.3 Å². The SMILES string of the molecule is COc1cc2nc(Cl)c(C#N)cc2c(OC)c1OC. The van der Waals surface area contributed by atoms with E-state index in [1.807, 2.05) is 6.07 Å². The summed E-state index contributed by atoms with van der Waals surface area (Å²) < 4.78 is 15.8. The van der Waals surface area contributed by atoms with Gasteiger partial charge in [-0.3, -0.25) is 0 Å². The molecule has 0 N–H and O–H groups in total. The molecule has 0 aliphatic heterocycles. The summed E-state index contributed by atoms with van der Waals surface area (Å²) in [6, 6.07) is 5.28. The molecule has 1 aromatic heterocycles. The zero-order valence-electron chi connectivity index (χ0n) is 10.7. The smallest absolute Gasteiger partial charge is 0.204 e. The third kappa shape index (κ3) is 2.11. The van der Waals surface area contributed by atoms with Gasteiger partial charge in [-0.2, -0.15) is 5.26 Å². The maximum atomic E-state index is 9.00. The second kappa shape index (κ2) is 5.21. The van der Waals surface area contributed by atoms with E-state index in [0.29, 0.717) is 28.2 Å². The lowest BCUT2D eigenvalue weighted by Crippen LogP contribution is -1.97. The van der Waals surface area contributed by atoms with Gasteiger partial charge in [0.2, 0.25) is 5.75 Å². The number of nitriles is 1. The van der Waals surface area contributed by atoms with Gasteiger partial charge in [-0.25, -0.2) is 4.98 Å². The molecule has 5 nitrogen and oxygen atoms in total. The first-order valence-electron chi connectivity index (χ1n) is 5.35. The highest BCUT2D eigenvalue weighted by Crippen LogP contribution is 2.43. The van der Waals surface area contributed by atoms with Crippen LogP contribution in [-0.2, 0) is 0 Å². The Kier molecular flexibility index (Phi) is 3.63. The molecule has 0 atom stereocenters. The van der Waals surface area contributed by atoms with Crippen LogP contribution in [0.5, 0.6) is 17.2 Å².